The predicted molar refractivity (Wildman–Crippen MR) is 73.2 cm³/mol. The monoisotopic (exact) mass is 254 g/mol. The van der Waals surface area contributed by atoms with Crippen molar-refractivity contribution < 1.29 is 4.79 Å². The number of hydrogen-bond acceptors (Lipinski definition) is 3. The largest absolute Gasteiger partial charge is 0.356 e. The highest BCUT2D eigenvalue weighted by molar-refractivity contribution is 7.11. The van der Waals surface area contributed by atoms with Gasteiger partial charge in [0.25, 0.3) is 0 Å². The molecule has 0 fully saturated rings. The summed E-state index contributed by atoms with van der Waals surface area (Å²) in [4.78, 5) is 14.2. The van der Waals surface area contributed by atoms with Gasteiger partial charge in [0.2, 0.25) is 5.91 Å². The van der Waals surface area contributed by atoms with Crippen LogP contribution in [0.15, 0.2) is 12.1 Å². The van der Waals surface area contributed by atoms with Crippen LogP contribution in [0.4, 0.5) is 0 Å². The van der Waals surface area contributed by atoms with Gasteiger partial charge in [0.15, 0.2) is 0 Å². The Labute approximate surface area is 107 Å². The third-order valence-electron chi connectivity index (χ3n) is 2.67. The van der Waals surface area contributed by atoms with Gasteiger partial charge in [-0.3, -0.25) is 4.79 Å². The normalized spacial score (nSPS) is 12.4. The van der Waals surface area contributed by atoms with Crippen molar-refractivity contribution in [3.8, 4) is 0 Å². The average Bonchev–Trinajstić information content (AvgIpc) is 2.72. The van der Waals surface area contributed by atoms with Gasteiger partial charge in [0.05, 0.1) is 0 Å². The van der Waals surface area contributed by atoms with E-state index in [4.69, 9.17) is 5.73 Å². The van der Waals surface area contributed by atoms with E-state index in [1.54, 1.807) is 0 Å². The molecule has 4 heteroatoms. The zero-order chi connectivity index (χ0) is 12.7. The van der Waals surface area contributed by atoms with Crippen LogP contribution in [0, 0.1) is 12.8 Å². The van der Waals surface area contributed by atoms with Gasteiger partial charge in [0, 0.05) is 22.7 Å². The van der Waals surface area contributed by atoms with Gasteiger partial charge in [-0.15, -0.1) is 11.3 Å². The molecular formula is C13H22N2OS. The van der Waals surface area contributed by atoms with E-state index in [2.05, 4.69) is 24.4 Å². The lowest BCUT2D eigenvalue weighted by atomic mass is 10.1. The average molecular weight is 254 g/mol. The highest BCUT2D eigenvalue weighted by atomic mass is 32.1. The van der Waals surface area contributed by atoms with Crippen molar-refractivity contribution in [3.63, 3.8) is 0 Å². The van der Waals surface area contributed by atoms with Gasteiger partial charge in [-0.05, 0) is 44.4 Å². The van der Waals surface area contributed by atoms with Crippen molar-refractivity contribution in [1.29, 1.82) is 0 Å². The van der Waals surface area contributed by atoms with Crippen LogP contribution in [-0.4, -0.2) is 19.0 Å². The molecule has 0 saturated carbocycles. The summed E-state index contributed by atoms with van der Waals surface area (Å²) in [6.45, 7) is 5.45. The van der Waals surface area contributed by atoms with Gasteiger partial charge in [0.1, 0.15) is 0 Å². The van der Waals surface area contributed by atoms with Crippen LogP contribution in [0.3, 0.4) is 0 Å². The van der Waals surface area contributed by atoms with Crippen LogP contribution in [0.2, 0.25) is 0 Å². The second-order valence-corrected chi connectivity index (χ2v) is 5.88. The molecule has 17 heavy (non-hydrogen) atoms. The first-order valence-corrected chi connectivity index (χ1v) is 6.95. The van der Waals surface area contributed by atoms with Gasteiger partial charge in [-0.25, -0.2) is 0 Å². The van der Waals surface area contributed by atoms with Gasteiger partial charge in [-0.2, -0.15) is 0 Å². The molecule has 1 unspecified atom stereocenters. The molecule has 96 valence electrons. The zero-order valence-corrected chi connectivity index (χ0v) is 11.5. The Morgan fingerprint density at radius 2 is 2.29 bits per heavy atom. The fraction of sp³-hybridized carbons (Fsp3) is 0.615. The summed E-state index contributed by atoms with van der Waals surface area (Å²) in [7, 11) is 0. The van der Waals surface area contributed by atoms with Crippen LogP contribution in [0.25, 0.3) is 0 Å². The molecule has 0 aliphatic carbocycles. The molecule has 1 aromatic heterocycles. The number of hydrogen-bond donors (Lipinski definition) is 2. The number of thiophene rings is 1. The van der Waals surface area contributed by atoms with Crippen LogP contribution in [0.5, 0.6) is 0 Å². The number of carbonyl (C=O) groups excluding carboxylic acids is 1. The van der Waals surface area contributed by atoms with Crippen LogP contribution < -0.4 is 11.1 Å². The lowest BCUT2D eigenvalue weighted by molar-refractivity contribution is -0.121. The maximum Gasteiger partial charge on any atom is 0.220 e. The summed E-state index contributed by atoms with van der Waals surface area (Å²) < 4.78 is 0. The molecule has 3 N–H and O–H groups in total. The van der Waals surface area contributed by atoms with Crippen LogP contribution >= 0.6 is 11.3 Å². The van der Waals surface area contributed by atoms with E-state index < -0.39 is 0 Å². The number of rotatable bonds is 7. The molecule has 0 saturated heterocycles. The summed E-state index contributed by atoms with van der Waals surface area (Å²) in [5.74, 6) is 0.498. The summed E-state index contributed by atoms with van der Waals surface area (Å²) in [6, 6.07) is 4.28. The van der Waals surface area contributed by atoms with E-state index in [1.807, 2.05) is 18.3 Å². The third kappa shape index (κ3) is 5.84. The number of carbonyl (C=O) groups is 1. The summed E-state index contributed by atoms with van der Waals surface area (Å²) >= 11 is 1.81. The first-order chi connectivity index (χ1) is 8.11. The van der Waals surface area contributed by atoms with E-state index in [1.165, 1.54) is 9.75 Å². The molecule has 0 aromatic carbocycles. The minimum absolute atomic E-state index is 0.138. The summed E-state index contributed by atoms with van der Waals surface area (Å²) in [5, 5.41) is 2.91. The molecule has 1 atom stereocenters. The topological polar surface area (TPSA) is 55.1 Å². The first kappa shape index (κ1) is 14.2. The second-order valence-electron chi connectivity index (χ2n) is 4.51. The molecule has 1 amide bonds. The van der Waals surface area contributed by atoms with Crippen molar-refractivity contribution in [1.82, 2.24) is 5.32 Å². The molecule has 0 radical (unpaired) electrons. The van der Waals surface area contributed by atoms with Crippen LogP contribution in [0.1, 0.15) is 29.5 Å². The number of nitrogens with one attached hydrogen (secondary N) is 1. The van der Waals surface area contributed by atoms with E-state index in [0.29, 0.717) is 25.4 Å². The minimum atomic E-state index is 0.138. The van der Waals surface area contributed by atoms with Gasteiger partial charge < -0.3 is 11.1 Å². The Kier molecular flexibility index (Phi) is 6.22. The number of amides is 1. The van der Waals surface area contributed by atoms with E-state index >= 15 is 0 Å². The lowest BCUT2D eigenvalue weighted by Crippen LogP contribution is -2.31. The van der Waals surface area contributed by atoms with E-state index in [0.717, 1.165) is 12.8 Å². The smallest absolute Gasteiger partial charge is 0.220 e. The molecule has 0 aliphatic rings. The van der Waals surface area contributed by atoms with Crippen molar-refractivity contribution >= 4 is 17.2 Å². The fourth-order valence-corrected chi connectivity index (χ4v) is 2.43. The summed E-state index contributed by atoms with van der Waals surface area (Å²) in [5.41, 5.74) is 5.49. The Balaban J connectivity index is 2.12. The molecule has 3 nitrogen and oxygen atoms in total. The second kappa shape index (κ2) is 7.45. The summed E-state index contributed by atoms with van der Waals surface area (Å²) in [6.07, 6.45) is 2.52. The van der Waals surface area contributed by atoms with Crippen molar-refractivity contribution in [2.45, 2.75) is 33.1 Å². The van der Waals surface area contributed by atoms with Crippen molar-refractivity contribution in [2.75, 3.05) is 13.1 Å². The quantitative estimate of drug-likeness (QED) is 0.783. The van der Waals surface area contributed by atoms with Crippen LogP contribution in [-0.2, 0) is 11.2 Å². The standard InChI is InChI=1S/C13H22N2OS/c1-10(8-14)9-15-13(16)5-3-4-12-7-6-11(2)17-12/h6-7,10H,3-5,8-9,14H2,1-2H3,(H,15,16). The number of aryl methyl sites for hydroxylation is 2. The Hall–Kier alpha value is -0.870. The molecule has 0 spiro atoms. The molecule has 0 bridgehead atoms. The fourth-order valence-electron chi connectivity index (χ4n) is 1.50. The molecular weight excluding hydrogens is 232 g/mol. The van der Waals surface area contributed by atoms with Crippen molar-refractivity contribution in [3.05, 3.63) is 21.9 Å². The zero-order valence-electron chi connectivity index (χ0n) is 10.7. The SMILES string of the molecule is Cc1ccc(CCCC(=O)NCC(C)CN)s1. The Bertz CT molecular complexity index is 349. The lowest BCUT2D eigenvalue weighted by Gasteiger charge is -2.09. The number of nitrogens with two attached hydrogens (primary N) is 1. The molecule has 1 aromatic rings. The Morgan fingerprint density at radius 3 is 2.88 bits per heavy atom. The third-order valence-corrected chi connectivity index (χ3v) is 3.73. The van der Waals surface area contributed by atoms with E-state index in [-0.39, 0.29) is 5.91 Å². The first-order valence-electron chi connectivity index (χ1n) is 6.14. The molecule has 0 aliphatic heterocycles. The molecule has 1 rings (SSSR count). The van der Waals surface area contributed by atoms with Gasteiger partial charge >= 0.3 is 0 Å². The molecule has 1 heterocycles. The van der Waals surface area contributed by atoms with Crippen molar-refractivity contribution in [2.24, 2.45) is 11.7 Å². The highest BCUT2D eigenvalue weighted by Crippen LogP contribution is 2.17. The van der Waals surface area contributed by atoms with Gasteiger partial charge in [-0.1, -0.05) is 6.92 Å². The highest BCUT2D eigenvalue weighted by Gasteiger charge is 2.04. The maximum atomic E-state index is 11.5. The Morgan fingerprint density at radius 1 is 1.53 bits per heavy atom. The maximum absolute atomic E-state index is 11.5. The van der Waals surface area contributed by atoms with E-state index in [9.17, 15) is 4.79 Å². The minimum Gasteiger partial charge on any atom is -0.356 e. The predicted octanol–water partition coefficient (Wildman–Crippen LogP) is 2.09.